The van der Waals surface area contributed by atoms with Crippen molar-refractivity contribution in [1.29, 1.82) is 0 Å². The maximum atomic E-state index is 5.93. The minimum absolute atomic E-state index is 0.0534. The monoisotopic (exact) mass is 251 g/mol. The first-order valence-electron chi connectivity index (χ1n) is 5.31. The third-order valence-electron chi connectivity index (χ3n) is 3.03. The van der Waals surface area contributed by atoms with E-state index in [1.165, 1.54) is 0 Å². The van der Waals surface area contributed by atoms with E-state index in [2.05, 4.69) is 18.7 Å². The summed E-state index contributed by atoms with van der Waals surface area (Å²) in [6.45, 7) is 8.20. The number of alkyl halides is 1. The minimum Gasteiger partial charge on any atom is -0.371 e. The zero-order chi connectivity index (χ0) is 10.9. The van der Waals surface area contributed by atoms with Gasteiger partial charge in [0.1, 0.15) is 0 Å². The van der Waals surface area contributed by atoms with Gasteiger partial charge >= 0.3 is 8.80 Å². The first-order valence-corrected chi connectivity index (χ1v) is 7.78. The van der Waals surface area contributed by atoms with Gasteiger partial charge in [0.05, 0.1) is 25.3 Å². The molecular weight excluding hydrogens is 234 g/mol. The lowest BCUT2D eigenvalue weighted by molar-refractivity contribution is -0.0593. The van der Waals surface area contributed by atoms with Crippen molar-refractivity contribution in [3.63, 3.8) is 0 Å². The summed E-state index contributed by atoms with van der Waals surface area (Å²) >= 11 is 5.93. The van der Waals surface area contributed by atoms with Gasteiger partial charge in [0.25, 0.3) is 0 Å². The normalized spacial score (nSPS) is 40.6. The van der Waals surface area contributed by atoms with Crippen molar-refractivity contribution < 1.29 is 13.3 Å². The van der Waals surface area contributed by atoms with Gasteiger partial charge < -0.3 is 13.3 Å². The molecule has 0 radical (unpaired) electrons. The quantitative estimate of drug-likeness (QED) is 0.511. The van der Waals surface area contributed by atoms with Crippen LogP contribution in [0.4, 0.5) is 0 Å². The molecule has 0 atom stereocenters. The van der Waals surface area contributed by atoms with Crippen molar-refractivity contribution in [1.82, 2.24) is 4.90 Å². The highest BCUT2D eigenvalue weighted by molar-refractivity contribution is 6.69. The molecule has 3 saturated heterocycles. The van der Waals surface area contributed by atoms with Gasteiger partial charge in [-0.3, -0.25) is 4.90 Å². The molecule has 0 aromatic heterocycles. The minimum atomic E-state index is -2.55. The van der Waals surface area contributed by atoms with Crippen molar-refractivity contribution in [3.8, 4) is 0 Å². The number of hydrogen-bond acceptors (Lipinski definition) is 4. The molecule has 2 bridgehead atoms. The molecular formula is C9H18ClNO3Si. The third-order valence-corrected chi connectivity index (χ3v) is 6.21. The lowest BCUT2D eigenvalue weighted by Crippen LogP contribution is -2.62. The number of fused-ring (bicyclic) bond motifs is 6. The lowest BCUT2D eigenvalue weighted by Gasteiger charge is -2.46. The van der Waals surface area contributed by atoms with E-state index < -0.39 is 8.80 Å². The Morgan fingerprint density at radius 2 is 1.80 bits per heavy atom. The van der Waals surface area contributed by atoms with Crippen LogP contribution in [0.2, 0.25) is 0 Å². The summed E-state index contributed by atoms with van der Waals surface area (Å²) < 4.78 is 17.2. The zero-order valence-corrected chi connectivity index (χ0v) is 11.0. The summed E-state index contributed by atoms with van der Waals surface area (Å²) in [5, 5.41) is 0. The third kappa shape index (κ3) is 2.37. The average molecular weight is 252 g/mol. The maximum absolute atomic E-state index is 5.93. The lowest BCUT2D eigenvalue weighted by atomic mass is 10.0. The van der Waals surface area contributed by atoms with Crippen molar-refractivity contribution in [2.24, 2.45) is 0 Å². The van der Waals surface area contributed by atoms with Crippen LogP contribution in [-0.2, 0) is 13.3 Å². The van der Waals surface area contributed by atoms with Gasteiger partial charge in [-0.25, -0.2) is 0 Å². The largest absolute Gasteiger partial charge is 0.516 e. The fraction of sp³-hybridized carbons (Fsp3) is 1.00. The number of nitrogens with zero attached hydrogens (tertiary/aromatic N) is 1. The topological polar surface area (TPSA) is 30.9 Å². The highest BCUT2D eigenvalue weighted by atomic mass is 35.5. The Hall–Kier alpha value is 0.347. The van der Waals surface area contributed by atoms with E-state index >= 15 is 0 Å². The molecule has 0 saturated carbocycles. The predicted octanol–water partition coefficient (Wildman–Crippen LogP) is 0.861. The average Bonchev–Trinajstić information content (AvgIpc) is 2.14. The molecule has 0 amide bonds. The molecule has 88 valence electrons. The van der Waals surface area contributed by atoms with Crippen LogP contribution in [0, 0.1) is 0 Å². The Kier molecular flexibility index (Phi) is 3.40. The summed E-state index contributed by atoms with van der Waals surface area (Å²) in [6.07, 6.45) is 0. The van der Waals surface area contributed by atoms with Gasteiger partial charge in [-0.05, 0) is 13.8 Å². The summed E-state index contributed by atoms with van der Waals surface area (Å²) in [7, 11) is -2.55. The molecule has 0 unspecified atom stereocenters. The molecule has 3 fully saturated rings. The van der Waals surface area contributed by atoms with Crippen LogP contribution in [0.3, 0.4) is 0 Å². The Morgan fingerprint density at radius 1 is 1.20 bits per heavy atom. The van der Waals surface area contributed by atoms with Crippen LogP contribution >= 0.6 is 11.6 Å². The second-order valence-electron chi connectivity index (χ2n) is 4.60. The highest BCUT2D eigenvalue weighted by Gasteiger charge is 2.46. The second-order valence-corrected chi connectivity index (χ2v) is 7.90. The molecule has 3 aliphatic rings. The number of rotatable bonds is 1. The molecule has 0 aromatic rings. The van der Waals surface area contributed by atoms with Gasteiger partial charge in [0, 0.05) is 18.6 Å². The fourth-order valence-corrected chi connectivity index (χ4v) is 4.51. The summed E-state index contributed by atoms with van der Waals surface area (Å²) in [4.78, 5) is 2.35. The highest BCUT2D eigenvalue weighted by Crippen LogP contribution is 2.25. The maximum Gasteiger partial charge on any atom is 0.516 e. The molecule has 15 heavy (non-hydrogen) atoms. The van der Waals surface area contributed by atoms with E-state index in [1.807, 2.05) is 0 Å². The van der Waals surface area contributed by atoms with Gasteiger partial charge in [-0.15, -0.1) is 11.6 Å². The van der Waals surface area contributed by atoms with E-state index in [9.17, 15) is 0 Å². The molecule has 0 aliphatic carbocycles. The fourth-order valence-electron chi connectivity index (χ4n) is 1.96. The second kappa shape index (κ2) is 4.31. The van der Waals surface area contributed by atoms with Crippen LogP contribution in [0.1, 0.15) is 13.8 Å². The Balaban J connectivity index is 2.19. The predicted molar refractivity (Wildman–Crippen MR) is 60.0 cm³/mol. The summed E-state index contributed by atoms with van der Waals surface area (Å²) in [5.74, 6) is 0. The molecule has 0 spiro atoms. The smallest absolute Gasteiger partial charge is 0.371 e. The summed E-state index contributed by atoms with van der Waals surface area (Å²) in [6, 6.07) is 0. The Morgan fingerprint density at radius 3 is 2.33 bits per heavy atom. The van der Waals surface area contributed by atoms with Crippen molar-refractivity contribution in [3.05, 3.63) is 0 Å². The van der Waals surface area contributed by atoms with Crippen molar-refractivity contribution in [2.45, 2.75) is 19.4 Å². The van der Waals surface area contributed by atoms with E-state index in [0.717, 1.165) is 13.1 Å². The SMILES string of the molecule is CC1(C)CO[Si]2(CCl)OCCN1CCO2. The van der Waals surface area contributed by atoms with Crippen LogP contribution in [0.5, 0.6) is 0 Å². The van der Waals surface area contributed by atoms with E-state index in [0.29, 0.717) is 25.3 Å². The number of hydrogen-bond donors (Lipinski definition) is 0. The zero-order valence-electron chi connectivity index (χ0n) is 9.29. The van der Waals surface area contributed by atoms with Gasteiger partial charge in [-0.1, -0.05) is 0 Å². The van der Waals surface area contributed by atoms with Crippen LogP contribution in [0.25, 0.3) is 0 Å². The van der Waals surface area contributed by atoms with Gasteiger partial charge in [0.2, 0.25) is 0 Å². The van der Waals surface area contributed by atoms with Crippen molar-refractivity contribution >= 4 is 20.4 Å². The Labute approximate surface area is 96.8 Å². The molecule has 3 aliphatic heterocycles. The van der Waals surface area contributed by atoms with Gasteiger partial charge in [-0.2, -0.15) is 0 Å². The molecule has 0 aromatic carbocycles. The molecule has 0 N–H and O–H groups in total. The molecule has 3 heterocycles. The molecule has 6 heteroatoms. The van der Waals surface area contributed by atoms with Crippen LogP contribution in [0.15, 0.2) is 0 Å². The first-order chi connectivity index (χ1) is 7.08. The Bertz CT molecular complexity index is 229. The van der Waals surface area contributed by atoms with Crippen molar-refractivity contribution in [2.75, 3.05) is 38.4 Å². The van der Waals surface area contributed by atoms with Crippen LogP contribution in [-0.4, -0.2) is 57.7 Å². The van der Waals surface area contributed by atoms with E-state index in [-0.39, 0.29) is 5.54 Å². The summed E-state index contributed by atoms with van der Waals surface area (Å²) in [5.41, 5.74) is 0.404. The first kappa shape index (κ1) is 11.8. The standard InChI is InChI=1S/C9H18ClNO3Si/c1-9(2)7-14-15(8-10)12-5-3-11(9)4-6-13-15/h3-8H2,1-2H3. The van der Waals surface area contributed by atoms with Crippen LogP contribution < -0.4 is 0 Å². The van der Waals surface area contributed by atoms with E-state index in [1.54, 1.807) is 0 Å². The molecule has 4 nitrogen and oxygen atoms in total. The number of halogens is 1. The van der Waals surface area contributed by atoms with Gasteiger partial charge in [0.15, 0.2) is 0 Å². The molecule has 3 rings (SSSR count). The van der Waals surface area contributed by atoms with E-state index in [4.69, 9.17) is 24.9 Å².